The number of rotatable bonds is 5. The first-order valence-electron chi connectivity index (χ1n) is 9.67. The van der Waals surface area contributed by atoms with E-state index in [4.69, 9.17) is 0 Å². The highest BCUT2D eigenvalue weighted by molar-refractivity contribution is 7.99. The maximum atomic E-state index is 4.39. The number of fused-ring (bicyclic) bond motifs is 2. The molecule has 1 saturated heterocycles. The third-order valence-electron chi connectivity index (χ3n) is 5.45. The highest BCUT2D eigenvalue weighted by Crippen LogP contribution is 2.42. The molecule has 2 aliphatic rings. The third kappa shape index (κ3) is 3.85. The molecule has 1 fully saturated rings. The SMILES string of the molecule is c1cnc2c(n1)Nc1cc(CN3CCC(CCc4nn[nH]n4)CC3)ccc1S2. The van der Waals surface area contributed by atoms with Crippen molar-refractivity contribution in [1.29, 1.82) is 0 Å². The van der Waals surface area contributed by atoms with Crippen LogP contribution in [-0.4, -0.2) is 48.6 Å². The molecule has 144 valence electrons. The van der Waals surface area contributed by atoms with Crippen molar-refractivity contribution < 1.29 is 0 Å². The van der Waals surface area contributed by atoms with Crippen LogP contribution < -0.4 is 5.32 Å². The molecule has 0 amide bonds. The number of hydrogen-bond acceptors (Lipinski definition) is 8. The first kappa shape index (κ1) is 17.6. The van der Waals surface area contributed by atoms with Crippen LogP contribution in [-0.2, 0) is 13.0 Å². The normalized spacial score (nSPS) is 17.0. The molecule has 0 aliphatic carbocycles. The maximum absolute atomic E-state index is 4.39. The molecular weight excluding hydrogens is 372 g/mol. The van der Waals surface area contributed by atoms with Crippen LogP contribution in [0.1, 0.15) is 30.7 Å². The minimum atomic E-state index is 0.756. The Kier molecular flexibility index (Phi) is 4.92. The molecule has 28 heavy (non-hydrogen) atoms. The third-order valence-corrected chi connectivity index (χ3v) is 6.52. The van der Waals surface area contributed by atoms with E-state index in [9.17, 15) is 0 Å². The number of likely N-dealkylation sites (tertiary alicyclic amines) is 1. The average Bonchev–Trinajstić information content (AvgIpc) is 3.25. The Balaban J connectivity index is 1.16. The molecule has 9 heteroatoms. The summed E-state index contributed by atoms with van der Waals surface area (Å²) in [7, 11) is 0. The molecule has 0 atom stereocenters. The van der Waals surface area contributed by atoms with E-state index in [0.29, 0.717) is 0 Å². The lowest BCUT2D eigenvalue weighted by molar-refractivity contribution is 0.172. The minimum Gasteiger partial charge on any atom is -0.337 e. The van der Waals surface area contributed by atoms with Crippen LogP contribution in [0.15, 0.2) is 40.5 Å². The van der Waals surface area contributed by atoms with Crippen molar-refractivity contribution in [1.82, 2.24) is 35.5 Å². The van der Waals surface area contributed by atoms with Gasteiger partial charge in [-0.15, -0.1) is 10.2 Å². The van der Waals surface area contributed by atoms with Gasteiger partial charge in [-0.25, -0.2) is 9.97 Å². The maximum Gasteiger partial charge on any atom is 0.174 e. The fourth-order valence-electron chi connectivity index (χ4n) is 3.89. The predicted octanol–water partition coefficient (Wildman–Crippen LogP) is 3.04. The number of piperidine rings is 1. The number of hydrogen-bond donors (Lipinski definition) is 2. The van der Waals surface area contributed by atoms with Gasteiger partial charge in [0, 0.05) is 30.3 Å². The summed E-state index contributed by atoms with van der Waals surface area (Å²) in [6.07, 6.45) is 8.00. The van der Waals surface area contributed by atoms with Gasteiger partial charge in [0.2, 0.25) is 0 Å². The number of aryl methyl sites for hydroxylation is 1. The zero-order valence-corrected chi connectivity index (χ0v) is 16.3. The molecule has 0 radical (unpaired) electrons. The number of aromatic nitrogens is 6. The largest absolute Gasteiger partial charge is 0.337 e. The fraction of sp³-hybridized carbons (Fsp3) is 0.421. The fourth-order valence-corrected chi connectivity index (χ4v) is 4.77. The summed E-state index contributed by atoms with van der Waals surface area (Å²) >= 11 is 1.68. The summed E-state index contributed by atoms with van der Waals surface area (Å²) in [6, 6.07) is 6.68. The molecule has 2 aliphatic heterocycles. The smallest absolute Gasteiger partial charge is 0.174 e. The second-order valence-electron chi connectivity index (χ2n) is 7.35. The molecule has 3 aromatic rings. The number of anilines is 2. The van der Waals surface area contributed by atoms with Crippen molar-refractivity contribution in [3.63, 3.8) is 0 Å². The van der Waals surface area contributed by atoms with E-state index < -0.39 is 0 Å². The summed E-state index contributed by atoms with van der Waals surface area (Å²) in [4.78, 5) is 12.5. The van der Waals surface area contributed by atoms with Gasteiger partial charge in [-0.1, -0.05) is 23.0 Å². The van der Waals surface area contributed by atoms with Crippen LogP contribution >= 0.6 is 11.8 Å². The summed E-state index contributed by atoms with van der Waals surface area (Å²) < 4.78 is 0. The van der Waals surface area contributed by atoms with Crippen LogP contribution in [0.5, 0.6) is 0 Å². The number of nitrogens with one attached hydrogen (secondary N) is 2. The Morgan fingerprint density at radius 1 is 1.14 bits per heavy atom. The van der Waals surface area contributed by atoms with Crippen molar-refractivity contribution in [2.24, 2.45) is 5.92 Å². The molecule has 2 N–H and O–H groups in total. The lowest BCUT2D eigenvalue weighted by atomic mass is 9.92. The van der Waals surface area contributed by atoms with Crippen molar-refractivity contribution in [2.75, 3.05) is 18.4 Å². The second kappa shape index (κ2) is 7.84. The number of aromatic amines is 1. The Morgan fingerprint density at radius 2 is 2.04 bits per heavy atom. The zero-order chi connectivity index (χ0) is 18.8. The Morgan fingerprint density at radius 3 is 2.89 bits per heavy atom. The lowest BCUT2D eigenvalue weighted by Crippen LogP contribution is -2.33. The lowest BCUT2D eigenvalue weighted by Gasteiger charge is -2.32. The highest BCUT2D eigenvalue weighted by Gasteiger charge is 2.21. The van der Waals surface area contributed by atoms with Gasteiger partial charge in [0.15, 0.2) is 11.6 Å². The minimum absolute atomic E-state index is 0.756. The van der Waals surface area contributed by atoms with Gasteiger partial charge in [-0.2, -0.15) is 5.21 Å². The molecule has 5 rings (SSSR count). The van der Waals surface area contributed by atoms with Crippen molar-refractivity contribution in [3.8, 4) is 0 Å². The van der Waals surface area contributed by atoms with E-state index in [2.05, 4.69) is 59.0 Å². The van der Waals surface area contributed by atoms with Gasteiger partial charge in [0.25, 0.3) is 0 Å². The quantitative estimate of drug-likeness (QED) is 0.533. The molecule has 0 unspecified atom stereocenters. The van der Waals surface area contributed by atoms with Crippen LogP contribution in [0.2, 0.25) is 0 Å². The van der Waals surface area contributed by atoms with Gasteiger partial charge in [-0.05, 0) is 56.0 Å². The van der Waals surface area contributed by atoms with Crippen molar-refractivity contribution >= 4 is 23.3 Å². The monoisotopic (exact) mass is 394 g/mol. The molecular formula is C19H22N8S. The number of nitrogens with zero attached hydrogens (tertiary/aromatic N) is 6. The first-order valence-corrected chi connectivity index (χ1v) is 10.5. The summed E-state index contributed by atoms with van der Waals surface area (Å²) in [5.41, 5.74) is 2.47. The Labute approximate surface area is 167 Å². The molecule has 0 bridgehead atoms. The Hall–Kier alpha value is -2.52. The molecule has 0 saturated carbocycles. The van der Waals surface area contributed by atoms with Crippen molar-refractivity contribution in [2.45, 2.75) is 42.1 Å². The van der Waals surface area contributed by atoms with Crippen LogP contribution in [0, 0.1) is 5.92 Å². The number of H-pyrrole nitrogens is 1. The summed E-state index contributed by atoms with van der Waals surface area (Å²) in [5, 5.41) is 18.6. The van der Waals surface area contributed by atoms with Crippen LogP contribution in [0.4, 0.5) is 11.5 Å². The highest BCUT2D eigenvalue weighted by atomic mass is 32.2. The molecule has 1 aromatic carbocycles. The predicted molar refractivity (Wildman–Crippen MR) is 106 cm³/mol. The van der Waals surface area contributed by atoms with Gasteiger partial charge in [-0.3, -0.25) is 4.90 Å². The standard InChI is InChI=1S/C19H22N8S/c1-3-16-15(22-18-19(28-16)21-8-7-20-18)11-14(1)12-27-9-5-13(6-10-27)2-4-17-23-25-26-24-17/h1,3,7-8,11,13H,2,4-6,9-10,12H2,(H,20,22)(H,23,24,25,26). The summed E-state index contributed by atoms with van der Waals surface area (Å²) in [5.74, 6) is 2.43. The second-order valence-corrected chi connectivity index (χ2v) is 8.38. The zero-order valence-electron chi connectivity index (χ0n) is 15.5. The van der Waals surface area contributed by atoms with Crippen LogP contribution in [0.3, 0.4) is 0 Å². The van der Waals surface area contributed by atoms with Gasteiger partial charge in [0.1, 0.15) is 5.03 Å². The van der Waals surface area contributed by atoms with E-state index >= 15 is 0 Å². The van der Waals surface area contributed by atoms with E-state index in [1.54, 1.807) is 24.2 Å². The average molecular weight is 395 g/mol. The van der Waals surface area contributed by atoms with Gasteiger partial charge < -0.3 is 5.32 Å². The van der Waals surface area contributed by atoms with Gasteiger partial charge >= 0.3 is 0 Å². The molecule has 8 nitrogen and oxygen atoms in total. The number of tetrazole rings is 1. The van der Waals surface area contributed by atoms with E-state index in [1.165, 1.54) is 23.3 Å². The molecule has 4 heterocycles. The van der Waals surface area contributed by atoms with Crippen LogP contribution in [0.25, 0.3) is 0 Å². The molecule has 0 spiro atoms. The van der Waals surface area contributed by atoms with Gasteiger partial charge in [0.05, 0.1) is 5.69 Å². The number of benzene rings is 1. The Bertz CT molecular complexity index is 937. The van der Waals surface area contributed by atoms with Crippen molar-refractivity contribution in [3.05, 3.63) is 42.0 Å². The van der Waals surface area contributed by atoms with E-state index in [0.717, 1.165) is 60.7 Å². The molecule has 2 aromatic heterocycles. The first-order chi connectivity index (χ1) is 13.8. The topological polar surface area (TPSA) is 95.5 Å². The summed E-state index contributed by atoms with van der Waals surface area (Å²) in [6.45, 7) is 3.28. The van der Waals surface area contributed by atoms with E-state index in [1.807, 2.05) is 0 Å². The van der Waals surface area contributed by atoms with E-state index in [-0.39, 0.29) is 0 Å².